The highest BCUT2D eigenvalue weighted by atomic mass is 32.1. The molecular formula is C14H17N5OS. The van der Waals surface area contributed by atoms with E-state index >= 15 is 0 Å². The lowest BCUT2D eigenvalue weighted by molar-refractivity contribution is -0.119. The molecule has 110 valence electrons. The molecule has 1 unspecified atom stereocenters. The lowest BCUT2D eigenvalue weighted by Gasteiger charge is -2.14. The second kappa shape index (κ2) is 6.01. The van der Waals surface area contributed by atoms with Crippen molar-refractivity contribution in [2.75, 3.05) is 5.32 Å². The van der Waals surface area contributed by atoms with Gasteiger partial charge in [-0.1, -0.05) is 24.4 Å². The molecular weight excluding hydrogens is 286 g/mol. The van der Waals surface area contributed by atoms with Crippen molar-refractivity contribution in [1.82, 2.24) is 14.8 Å². The normalized spacial score (nSPS) is 12.0. The third-order valence-corrected chi connectivity index (χ3v) is 3.30. The van der Waals surface area contributed by atoms with Crippen molar-refractivity contribution < 1.29 is 4.79 Å². The summed E-state index contributed by atoms with van der Waals surface area (Å²) >= 11 is 4.93. The van der Waals surface area contributed by atoms with Gasteiger partial charge in [0, 0.05) is 11.3 Å². The third-order valence-electron chi connectivity index (χ3n) is 3.07. The van der Waals surface area contributed by atoms with E-state index in [1.54, 1.807) is 42.8 Å². The number of benzene rings is 1. The molecule has 0 aliphatic rings. The summed E-state index contributed by atoms with van der Waals surface area (Å²) in [5.41, 5.74) is 6.94. The quantitative estimate of drug-likeness (QED) is 0.840. The van der Waals surface area contributed by atoms with Crippen molar-refractivity contribution in [2.45, 2.75) is 26.8 Å². The van der Waals surface area contributed by atoms with Gasteiger partial charge in [0.15, 0.2) is 0 Å². The minimum atomic E-state index is -0.459. The van der Waals surface area contributed by atoms with Gasteiger partial charge in [0.1, 0.15) is 22.7 Å². The van der Waals surface area contributed by atoms with Crippen LogP contribution in [0.5, 0.6) is 0 Å². The number of aryl methyl sites for hydroxylation is 2. The zero-order chi connectivity index (χ0) is 15.6. The van der Waals surface area contributed by atoms with Gasteiger partial charge in [-0.05, 0) is 32.9 Å². The maximum Gasteiger partial charge on any atom is 0.249 e. The van der Waals surface area contributed by atoms with E-state index in [0.29, 0.717) is 27.9 Å². The van der Waals surface area contributed by atoms with Crippen LogP contribution in [0.15, 0.2) is 24.3 Å². The zero-order valence-corrected chi connectivity index (χ0v) is 12.9. The number of amides is 1. The van der Waals surface area contributed by atoms with Gasteiger partial charge >= 0.3 is 0 Å². The first kappa shape index (κ1) is 15.1. The molecule has 0 saturated heterocycles. The summed E-state index contributed by atoms with van der Waals surface area (Å²) in [7, 11) is 0. The average Bonchev–Trinajstić information content (AvgIpc) is 2.77. The molecule has 1 aromatic heterocycles. The third kappa shape index (κ3) is 3.43. The average molecular weight is 303 g/mol. The molecule has 2 rings (SSSR count). The molecule has 0 aliphatic carbocycles. The lowest BCUT2D eigenvalue weighted by Crippen LogP contribution is -2.25. The standard InChI is InChI=1S/C14H17N5OS/c1-8(19-10(3)16-9(2)18-19)14(20)17-12-6-4-5-11(7-12)13(15)21/h4-8H,1-3H3,(H2,15,21)(H,17,20). The number of carbonyl (C=O) groups is 1. The number of nitrogens with one attached hydrogen (secondary N) is 1. The Hall–Kier alpha value is -2.28. The molecule has 6 nitrogen and oxygen atoms in total. The monoisotopic (exact) mass is 303 g/mol. The van der Waals surface area contributed by atoms with Crippen LogP contribution in [0, 0.1) is 13.8 Å². The molecule has 1 amide bonds. The van der Waals surface area contributed by atoms with Crippen LogP contribution in [0.2, 0.25) is 0 Å². The molecule has 0 bridgehead atoms. The number of hydrogen-bond acceptors (Lipinski definition) is 4. The van der Waals surface area contributed by atoms with Crippen LogP contribution in [0.3, 0.4) is 0 Å². The molecule has 0 radical (unpaired) electrons. The van der Waals surface area contributed by atoms with Crippen molar-refractivity contribution >= 4 is 28.8 Å². The summed E-state index contributed by atoms with van der Waals surface area (Å²) in [4.78, 5) is 16.8. The van der Waals surface area contributed by atoms with Gasteiger partial charge in [-0.15, -0.1) is 0 Å². The Labute approximate surface area is 128 Å². The summed E-state index contributed by atoms with van der Waals surface area (Å²) < 4.78 is 1.60. The number of nitrogens with two attached hydrogens (primary N) is 1. The Morgan fingerprint density at radius 3 is 2.71 bits per heavy atom. The van der Waals surface area contributed by atoms with Crippen molar-refractivity contribution in [3.05, 3.63) is 41.5 Å². The molecule has 1 heterocycles. The Morgan fingerprint density at radius 2 is 2.14 bits per heavy atom. The summed E-state index contributed by atoms with van der Waals surface area (Å²) in [5.74, 6) is 1.16. The Morgan fingerprint density at radius 1 is 1.43 bits per heavy atom. The first-order chi connectivity index (χ1) is 9.88. The highest BCUT2D eigenvalue weighted by Crippen LogP contribution is 2.14. The van der Waals surface area contributed by atoms with E-state index in [-0.39, 0.29) is 5.91 Å². The summed E-state index contributed by atoms with van der Waals surface area (Å²) in [6.07, 6.45) is 0. The number of anilines is 1. The van der Waals surface area contributed by atoms with Crippen LogP contribution >= 0.6 is 12.2 Å². The van der Waals surface area contributed by atoms with Crippen molar-refractivity contribution in [3.8, 4) is 0 Å². The molecule has 21 heavy (non-hydrogen) atoms. The van der Waals surface area contributed by atoms with Crippen molar-refractivity contribution in [1.29, 1.82) is 0 Å². The molecule has 7 heteroatoms. The van der Waals surface area contributed by atoms with Gasteiger partial charge in [-0.25, -0.2) is 9.67 Å². The van der Waals surface area contributed by atoms with E-state index in [0.717, 1.165) is 0 Å². The molecule has 0 aliphatic heterocycles. The van der Waals surface area contributed by atoms with Gasteiger partial charge in [0.05, 0.1) is 0 Å². The molecule has 0 fully saturated rings. The molecule has 1 atom stereocenters. The van der Waals surface area contributed by atoms with E-state index in [1.807, 2.05) is 6.92 Å². The van der Waals surface area contributed by atoms with Crippen LogP contribution < -0.4 is 11.1 Å². The predicted molar refractivity (Wildman–Crippen MR) is 85.2 cm³/mol. The van der Waals surface area contributed by atoms with Crippen molar-refractivity contribution in [3.63, 3.8) is 0 Å². The minimum Gasteiger partial charge on any atom is -0.389 e. The van der Waals surface area contributed by atoms with Gasteiger partial charge < -0.3 is 11.1 Å². The van der Waals surface area contributed by atoms with Crippen LogP contribution in [0.25, 0.3) is 0 Å². The molecule has 1 aromatic carbocycles. The van der Waals surface area contributed by atoms with Crippen LogP contribution in [0.1, 0.15) is 30.2 Å². The SMILES string of the molecule is Cc1nc(C)n(C(C)C(=O)Nc2cccc(C(N)=S)c2)n1. The molecule has 0 saturated carbocycles. The Kier molecular flexibility index (Phi) is 4.32. The predicted octanol–water partition coefficient (Wildman–Crippen LogP) is 1.73. The fourth-order valence-electron chi connectivity index (χ4n) is 2.01. The van der Waals surface area contributed by atoms with Crippen molar-refractivity contribution in [2.24, 2.45) is 5.73 Å². The highest BCUT2D eigenvalue weighted by Gasteiger charge is 2.18. The topological polar surface area (TPSA) is 85.8 Å². The smallest absolute Gasteiger partial charge is 0.249 e. The largest absolute Gasteiger partial charge is 0.389 e. The molecule has 3 N–H and O–H groups in total. The van der Waals surface area contributed by atoms with Crippen LogP contribution in [0.4, 0.5) is 5.69 Å². The maximum absolute atomic E-state index is 12.3. The van der Waals surface area contributed by atoms with E-state index in [1.165, 1.54) is 0 Å². The van der Waals surface area contributed by atoms with Gasteiger partial charge in [0.2, 0.25) is 5.91 Å². The fourth-order valence-corrected chi connectivity index (χ4v) is 2.14. The Bertz CT molecular complexity index is 694. The molecule has 0 spiro atoms. The van der Waals surface area contributed by atoms with Gasteiger partial charge in [0.25, 0.3) is 0 Å². The Balaban J connectivity index is 2.16. The second-order valence-electron chi connectivity index (χ2n) is 4.76. The van der Waals surface area contributed by atoms with E-state index < -0.39 is 6.04 Å². The van der Waals surface area contributed by atoms with Crippen LogP contribution in [-0.4, -0.2) is 25.7 Å². The van der Waals surface area contributed by atoms with E-state index in [9.17, 15) is 4.79 Å². The number of aromatic nitrogens is 3. The summed E-state index contributed by atoms with van der Waals surface area (Å²) in [5, 5.41) is 7.05. The van der Waals surface area contributed by atoms with E-state index in [4.69, 9.17) is 18.0 Å². The summed E-state index contributed by atoms with van der Waals surface area (Å²) in [6.45, 7) is 5.38. The highest BCUT2D eigenvalue weighted by molar-refractivity contribution is 7.80. The first-order valence-electron chi connectivity index (χ1n) is 6.49. The fraction of sp³-hybridized carbons (Fsp3) is 0.286. The van der Waals surface area contributed by atoms with Gasteiger partial charge in [-0.3, -0.25) is 4.79 Å². The summed E-state index contributed by atoms with van der Waals surface area (Å²) in [6, 6.07) is 6.66. The number of thiocarbonyl (C=S) groups is 1. The second-order valence-corrected chi connectivity index (χ2v) is 5.20. The minimum absolute atomic E-state index is 0.178. The number of rotatable bonds is 4. The zero-order valence-electron chi connectivity index (χ0n) is 12.1. The first-order valence-corrected chi connectivity index (χ1v) is 6.90. The van der Waals surface area contributed by atoms with Gasteiger partial charge in [-0.2, -0.15) is 5.10 Å². The number of carbonyl (C=O) groups excluding carboxylic acids is 1. The van der Waals surface area contributed by atoms with E-state index in [2.05, 4.69) is 15.4 Å². The van der Waals surface area contributed by atoms with Crippen LogP contribution in [-0.2, 0) is 4.79 Å². The number of nitrogens with zero attached hydrogens (tertiary/aromatic N) is 3. The molecule has 2 aromatic rings. The maximum atomic E-state index is 12.3. The lowest BCUT2D eigenvalue weighted by atomic mass is 10.2. The number of hydrogen-bond donors (Lipinski definition) is 2.